The number of rotatable bonds is 4. The van der Waals surface area contributed by atoms with Gasteiger partial charge in [0.15, 0.2) is 0 Å². The van der Waals surface area contributed by atoms with Crippen LogP contribution in [-0.2, 0) is 10.0 Å². The normalized spacial score (nSPS) is 22.8. The Morgan fingerprint density at radius 3 is 2.76 bits per heavy atom. The highest BCUT2D eigenvalue weighted by Gasteiger charge is 2.36. The summed E-state index contributed by atoms with van der Waals surface area (Å²) in [6.45, 7) is 5.33. The predicted octanol–water partition coefficient (Wildman–Crippen LogP) is 0.307. The van der Waals surface area contributed by atoms with E-state index >= 15 is 0 Å². The Kier molecular flexibility index (Phi) is 4.14. The highest BCUT2D eigenvalue weighted by molar-refractivity contribution is 7.89. The predicted molar refractivity (Wildman–Crippen MR) is 77.4 cm³/mol. The third kappa shape index (κ3) is 2.97. The van der Waals surface area contributed by atoms with E-state index in [4.69, 9.17) is 10.2 Å². The number of furan rings is 1. The molecule has 0 spiro atoms. The van der Waals surface area contributed by atoms with E-state index in [1.807, 2.05) is 6.92 Å². The van der Waals surface area contributed by atoms with Gasteiger partial charge < -0.3 is 15.1 Å². The highest BCUT2D eigenvalue weighted by atomic mass is 32.2. The molecule has 1 aromatic heterocycles. The lowest BCUT2D eigenvalue weighted by Crippen LogP contribution is -2.34. The van der Waals surface area contributed by atoms with Crippen molar-refractivity contribution in [3.8, 4) is 0 Å². The number of carbonyl (C=O) groups is 1. The molecule has 1 aliphatic rings. The topological polar surface area (TPSA) is 106 Å². The quantitative estimate of drug-likeness (QED) is 0.831. The van der Waals surface area contributed by atoms with E-state index in [0.29, 0.717) is 25.4 Å². The minimum Gasteiger partial charge on any atom is -0.448 e. The van der Waals surface area contributed by atoms with Gasteiger partial charge in [-0.1, -0.05) is 6.92 Å². The summed E-state index contributed by atoms with van der Waals surface area (Å²) in [5.74, 6) is 0.0844. The van der Waals surface area contributed by atoms with Crippen molar-refractivity contribution in [1.29, 1.82) is 0 Å². The molecule has 3 N–H and O–H groups in total. The van der Waals surface area contributed by atoms with Gasteiger partial charge in [0, 0.05) is 19.2 Å². The Labute approximate surface area is 124 Å². The Balaban J connectivity index is 2.26. The summed E-state index contributed by atoms with van der Waals surface area (Å²) in [4.78, 5) is 14.2. The van der Waals surface area contributed by atoms with Crippen LogP contribution in [0.2, 0.25) is 0 Å². The minimum atomic E-state index is -3.69. The monoisotopic (exact) mass is 315 g/mol. The molecule has 2 rings (SSSR count). The van der Waals surface area contributed by atoms with Crippen LogP contribution in [0.25, 0.3) is 0 Å². The lowest BCUT2D eigenvalue weighted by Gasteiger charge is -2.22. The van der Waals surface area contributed by atoms with Crippen LogP contribution < -0.4 is 10.5 Å². The molecule has 1 saturated heterocycles. The average molecular weight is 315 g/mol. The Morgan fingerprint density at radius 2 is 2.24 bits per heavy atom. The number of likely N-dealkylation sites (tertiary alicyclic amines) is 1. The molecule has 1 unspecified atom stereocenters. The van der Waals surface area contributed by atoms with Crippen molar-refractivity contribution >= 4 is 15.9 Å². The van der Waals surface area contributed by atoms with Gasteiger partial charge in [0.05, 0.1) is 5.56 Å². The van der Waals surface area contributed by atoms with Crippen molar-refractivity contribution in [2.75, 3.05) is 26.7 Å². The number of hydrogen-bond donors (Lipinski definition) is 2. The number of amides is 1. The molecular formula is C13H21N3O4S. The summed E-state index contributed by atoms with van der Waals surface area (Å²) in [6.07, 6.45) is 0.841. The highest BCUT2D eigenvalue weighted by Crippen LogP contribution is 2.30. The largest absolute Gasteiger partial charge is 0.448 e. The minimum absolute atomic E-state index is 0.0762. The zero-order valence-corrected chi connectivity index (χ0v) is 13.3. The number of nitrogens with zero attached hydrogens (tertiary/aromatic N) is 1. The van der Waals surface area contributed by atoms with Gasteiger partial charge in [0.25, 0.3) is 15.9 Å². The SMILES string of the molecule is CNS(=O)(=O)c1cc(C(=O)N2CCC(C)(CN)C2)c(C)o1. The fraction of sp³-hybridized carbons (Fsp3) is 0.615. The van der Waals surface area contributed by atoms with Gasteiger partial charge in [-0.3, -0.25) is 4.79 Å². The molecule has 21 heavy (non-hydrogen) atoms. The van der Waals surface area contributed by atoms with Gasteiger partial charge in [-0.25, -0.2) is 13.1 Å². The summed E-state index contributed by atoms with van der Waals surface area (Å²) in [5, 5.41) is -0.244. The average Bonchev–Trinajstić information content (AvgIpc) is 3.03. The first-order valence-electron chi connectivity index (χ1n) is 6.76. The van der Waals surface area contributed by atoms with Crippen LogP contribution in [0.4, 0.5) is 0 Å². The van der Waals surface area contributed by atoms with Gasteiger partial charge in [-0.2, -0.15) is 0 Å². The smallest absolute Gasteiger partial charge is 0.273 e. The summed E-state index contributed by atoms with van der Waals surface area (Å²) in [6, 6.07) is 1.28. The van der Waals surface area contributed by atoms with Crippen molar-refractivity contribution in [1.82, 2.24) is 9.62 Å². The molecule has 1 fully saturated rings. The number of hydrogen-bond acceptors (Lipinski definition) is 5. The van der Waals surface area contributed by atoms with E-state index < -0.39 is 10.0 Å². The van der Waals surface area contributed by atoms with Gasteiger partial charge in [-0.15, -0.1) is 0 Å². The lowest BCUT2D eigenvalue weighted by atomic mass is 9.90. The maximum absolute atomic E-state index is 12.5. The van der Waals surface area contributed by atoms with E-state index in [9.17, 15) is 13.2 Å². The number of sulfonamides is 1. The molecule has 1 atom stereocenters. The molecule has 0 radical (unpaired) electrons. The Bertz CT molecular complexity index is 652. The van der Waals surface area contributed by atoms with E-state index in [1.54, 1.807) is 11.8 Å². The maximum Gasteiger partial charge on any atom is 0.273 e. The van der Waals surface area contributed by atoms with Crippen molar-refractivity contribution < 1.29 is 17.6 Å². The van der Waals surface area contributed by atoms with Crippen LogP contribution in [0.3, 0.4) is 0 Å². The summed E-state index contributed by atoms with van der Waals surface area (Å²) >= 11 is 0. The van der Waals surface area contributed by atoms with Crippen LogP contribution in [0, 0.1) is 12.3 Å². The summed E-state index contributed by atoms with van der Waals surface area (Å²) < 4.78 is 30.8. The second-order valence-corrected chi connectivity index (χ2v) is 7.55. The molecule has 7 nitrogen and oxygen atoms in total. The molecule has 1 aliphatic heterocycles. The van der Waals surface area contributed by atoms with Crippen molar-refractivity contribution in [2.45, 2.75) is 25.4 Å². The van der Waals surface area contributed by atoms with Crippen LogP contribution in [0.5, 0.6) is 0 Å². The van der Waals surface area contributed by atoms with Crippen LogP contribution >= 0.6 is 0 Å². The first-order chi connectivity index (χ1) is 9.72. The Hall–Kier alpha value is -1.38. The molecule has 2 heterocycles. The lowest BCUT2D eigenvalue weighted by molar-refractivity contribution is 0.0775. The summed E-state index contributed by atoms with van der Waals surface area (Å²) in [5.41, 5.74) is 5.94. The number of nitrogens with one attached hydrogen (secondary N) is 1. The standard InChI is InChI=1S/C13H21N3O4S/c1-9-10(6-11(20-9)21(18,19)15-3)12(17)16-5-4-13(2,7-14)8-16/h6,15H,4-5,7-8,14H2,1-3H3. The second kappa shape index (κ2) is 5.43. The van der Waals surface area contributed by atoms with Crippen molar-refractivity contribution in [3.05, 3.63) is 17.4 Å². The number of carbonyl (C=O) groups excluding carboxylic acids is 1. The maximum atomic E-state index is 12.5. The molecule has 1 aromatic rings. The van der Waals surface area contributed by atoms with Gasteiger partial charge in [0.2, 0.25) is 5.09 Å². The van der Waals surface area contributed by atoms with Gasteiger partial charge >= 0.3 is 0 Å². The van der Waals surface area contributed by atoms with E-state index in [1.165, 1.54) is 13.1 Å². The third-order valence-corrected chi connectivity index (χ3v) is 5.27. The Morgan fingerprint density at radius 1 is 1.57 bits per heavy atom. The molecular weight excluding hydrogens is 294 g/mol. The molecule has 118 valence electrons. The van der Waals surface area contributed by atoms with E-state index in [0.717, 1.165) is 6.42 Å². The number of nitrogens with two attached hydrogens (primary N) is 1. The fourth-order valence-corrected chi connectivity index (χ4v) is 3.14. The van der Waals surface area contributed by atoms with Crippen molar-refractivity contribution in [2.24, 2.45) is 11.1 Å². The molecule has 0 saturated carbocycles. The van der Waals surface area contributed by atoms with Gasteiger partial charge in [-0.05, 0) is 32.4 Å². The van der Waals surface area contributed by atoms with Crippen LogP contribution in [0.15, 0.2) is 15.6 Å². The summed E-state index contributed by atoms with van der Waals surface area (Å²) in [7, 11) is -2.40. The van der Waals surface area contributed by atoms with Crippen LogP contribution in [-0.4, -0.2) is 45.9 Å². The zero-order valence-electron chi connectivity index (χ0n) is 12.5. The third-order valence-electron chi connectivity index (χ3n) is 4.00. The molecule has 0 aliphatic carbocycles. The fourth-order valence-electron chi connectivity index (χ4n) is 2.43. The van der Waals surface area contributed by atoms with E-state index in [2.05, 4.69) is 4.72 Å². The molecule has 1 amide bonds. The zero-order chi connectivity index (χ0) is 15.8. The molecule has 0 bridgehead atoms. The first kappa shape index (κ1) is 16.0. The van der Waals surface area contributed by atoms with Crippen molar-refractivity contribution in [3.63, 3.8) is 0 Å². The molecule has 0 aromatic carbocycles. The van der Waals surface area contributed by atoms with E-state index in [-0.39, 0.29) is 22.0 Å². The number of aryl methyl sites for hydroxylation is 1. The van der Waals surface area contributed by atoms with Gasteiger partial charge in [0.1, 0.15) is 5.76 Å². The second-order valence-electron chi connectivity index (χ2n) is 5.73. The molecule has 8 heteroatoms. The van der Waals surface area contributed by atoms with Crippen LogP contribution in [0.1, 0.15) is 29.5 Å². The first-order valence-corrected chi connectivity index (χ1v) is 8.24.